The van der Waals surface area contributed by atoms with E-state index in [0.717, 1.165) is 129 Å². The number of carboxylic acids is 1. The number of rotatable bonds is 13. The average Bonchev–Trinajstić information content (AvgIpc) is 1.52. The van der Waals surface area contributed by atoms with Crippen LogP contribution in [0.2, 0.25) is 0 Å². The first-order valence-corrected chi connectivity index (χ1v) is 40.8. The van der Waals surface area contributed by atoms with E-state index in [4.69, 9.17) is 25.7 Å². The fourth-order valence-corrected chi connectivity index (χ4v) is 10.8. The monoisotopic (exact) mass is 1970 g/mol. The Labute approximate surface area is 722 Å². The van der Waals surface area contributed by atoms with E-state index in [2.05, 4.69) is 166 Å². The number of likely N-dealkylation sites (N-methyl/N-ethyl adjacent to an activating group) is 2. The fourth-order valence-electron chi connectivity index (χ4n) is 10.7. The van der Waals surface area contributed by atoms with Gasteiger partial charge >= 0.3 is 64.7 Å². The minimum Gasteiger partial charge on any atom is -1.00 e. The molecule has 4 aliphatic heterocycles. The largest absolute Gasteiger partial charge is 1.00 e. The van der Waals surface area contributed by atoms with Gasteiger partial charge in [0.25, 0.3) is 11.8 Å². The van der Waals surface area contributed by atoms with Crippen molar-refractivity contribution < 1.29 is 145 Å². The van der Waals surface area contributed by atoms with Crippen molar-refractivity contribution in [2.45, 2.75) is 219 Å². The van der Waals surface area contributed by atoms with Gasteiger partial charge in [-0.05, 0) is 233 Å². The van der Waals surface area contributed by atoms with Crippen LogP contribution in [0, 0.1) is 55.4 Å². The van der Waals surface area contributed by atoms with Crippen LogP contribution in [0.15, 0.2) is 72.8 Å². The van der Waals surface area contributed by atoms with E-state index >= 15 is 0 Å². The number of hydrogen-bond acceptors (Lipinski definition) is 9. The topological polar surface area (TPSA) is 232 Å². The maximum Gasteiger partial charge on any atom is 1.00 e. The van der Waals surface area contributed by atoms with Gasteiger partial charge in [-0.15, -0.1) is 0 Å². The summed E-state index contributed by atoms with van der Waals surface area (Å²) in [7, 11) is 16.2. The van der Waals surface area contributed by atoms with E-state index in [1.165, 1.54) is 51.4 Å². The van der Waals surface area contributed by atoms with E-state index < -0.39 is 44.8 Å². The number of anilines is 4. The second-order valence-corrected chi connectivity index (χ2v) is 37.7. The Balaban J connectivity index is -0.000000274. The maximum absolute atomic E-state index is 12.8. The van der Waals surface area contributed by atoms with Crippen LogP contribution >= 0.6 is 89.9 Å². The average molecular weight is 1970 g/mol. The van der Waals surface area contributed by atoms with Gasteiger partial charge in [0.2, 0.25) is 26.3 Å². The molecule has 103 heavy (non-hydrogen) atoms. The summed E-state index contributed by atoms with van der Waals surface area (Å²) in [6.07, 6.45) is 9.82. The Hall–Kier alpha value is -0.790. The number of halogens is 9. The van der Waals surface area contributed by atoms with Crippen molar-refractivity contribution in [2.75, 3.05) is 87.8 Å². The van der Waals surface area contributed by atoms with Crippen molar-refractivity contribution >= 4 is 157 Å². The van der Waals surface area contributed by atoms with Gasteiger partial charge in [0, 0.05) is 83.0 Å². The molecule has 0 unspecified atom stereocenters. The number of amides is 4. The summed E-state index contributed by atoms with van der Waals surface area (Å²) in [5, 5.41) is 20.2. The van der Waals surface area contributed by atoms with Gasteiger partial charge < -0.3 is 83.4 Å². The Kier molecular flexibility index (Phi) is 55.6. The minimum atomic E-state index is -1.67. The molecule has 17 nitrogen and oxygen atoms in total. The van der Waals surface area contributed by atoms with Crippen LogP contribution in [-0.4, -0.2) is 160 Å². The molecule has 4 aromatic carbocycles. The van der Waals surface area contributed by atoms with Gasteiger partial charge in [0.1, 0.15) is 4.32 Å². The van der Waals surface area contributed by atoms with Crippen molar-refractivity contribution in [3.8, 4) is 0 Å². The second-order valence-electron chi connectivity index (χ2n) is 28.9. The molecule has 4 amide bonds. The van der Waals surface area contributed by atoms with Crippen LogP contribution in [0.1, 0.15) is 180 Å². The molecule has 7 N–H and O–H groups in total. The van der Waals surface area contributed by atoms with Crippen LogP contribution in [-0.2, 0) is 62.7 Å². The Bertz CT molecular complexity index is 3080. The number of aryl methyl sites for hydroxylation is 8. The van der Waals surface area contributed by atoms with Gasteiger partial charge in [0.15, 0.2) is 11.1 Å². The number of quaternary nitrogens is 2. The van der Waals surface area contributed by atoms with Gasteiger partial charge in [-0.25, -0.2) is 4.21 Å². The SMILES string of the molecule is C1CCOC1.CC(C)(Br)C(=O)Cl.CC(C)(Br)C(=O)O.Cc1cccc(C)c1NC(=O)C(C)(C)Br.Cc1cccc(C)c1NC(=O)C(C)(C)N1CCCC1.Cc1cccc(C)c1NC(=O)C(C)(C)[N+]1(C)CCCC1.Cc1cccc(C)c1NC(=O)C(C)(C)[N+]1(C)CCCC1.O.O=S(Cl)Cl.[Cl-].[Cl][Ag].[H-].[I-].[Na+]. The van der Waals surface area contributed by atoms with Crippen LogP contribution in [0.25, 0.3) is 0 Å². The van der Waals surface area contributed by atoms with Gasteiger partial charge in [0.05, 0.1) is 54.5 Å². The molecule has 0 spiro atoms. The Morgan fingerprint density at radius 3 is 0.883 bits per heavy atom. The summed E-state index contributed by atoms with van der Waals surface area (Å²) >= 11 is 16.8. The molecule has 4 heterocycles. The van der Waals surface area contributed by atoms with Crippen LogP contribution < -0.4 is 87.2 Å². The number of para-hydroxylation sites is 4. The summed E-state index contributed by atoms with van der Waals surface area (Å²) in [6.45, 7) is 47.1. The standard InChI is InChI=1S/2C17H26N2O.C16H24N2O.C12H16BrNO.C4H6BrClO.C4H7BrO2.C4H8O.Ag.Cl2OS.2ClH.HI.Na.H2O.H/c2*1-13-9-8-10-14(2)15(13)18-16(20)17(3,4)19(5)11-6-7-12-19;1-12-8-7-9-13(2)14(12)17-15(19)16(3,4)18-10-5-6-11-18;1-8-6-5-7-9(2)10(8)14-11(15)12(3,4)13;2*1-4(2,5)3(6)7;1-2-4-5-3-1;;1-4(2)3;;;;;;/h2*8-10H,6-7,11-12H2,1-5H3;7-9H,5-6,10-11H2,1-4H3,(H,17,19);5-7H,1-4H3,(H,14,15);1-2H3;1-2H3,(H,6,7);1-4H2;;;3*1H;;1H2;/q;;;;;;;+1;;;;;+1;;-1/p-1. The zero-order valence-corrected chi connectivity index (χ0v) is 79.9. The Morgan fingerprint density at radius 1 is 0.485 bits per heavy atom. The first-order valence-electron chi connectivity index (χ1n) is 33.3. The smallest absolute Gasteiger partial charge is 1.00 e. The predicted octanol–water partition coefficient (Wildman–Crippen LogP) is 9.05. The third-order valence-electron chi connectivity index (χ3n) is 18.6. The normalized spacial score (nSPS) is 14.8. The molecule has 4 fully saturated rings. The number of carbonyl (C=O) groups is 6. The van der Waals surface area contributed by atoms with Crippen LogP contribution in [0.3, 0.4) is 0 Å². The molecule has 4 aliphatic rings. The molecule has 4 saturated heterocycles. The molecule has 0 aromatic heterocycles. The summed E-state index contributed by atoms with van der Waals surface area (Å²) in [4.78, 5) is 72.4. The van der Waals surface area contributed by atoms with Gasteiger partial charge in [-0.3, -0.25) is 33.7 Å². The minimum absolute atomic E-state index is 0. The summed E-state index contributed by atoms with van der Waals surface area (Å²) in [5.41, 5.74) is 11.5. The molecular formula is C74H118AgBr3Cl5IN7NaO10S. The number of ether oxygens (including phenoxy) is 1. The quantitative estimate of drug-likeness (QED) is 0.0280. The van der Waals surface area contributed by atoms with Crippen LogP contribution in [0.4, 0.5) is 22.7 Å². The fraction of sp³-hybridized carbons (Fsp3) is 0.595. The molecular weight excluding hydrogens is 1850 g/mol. The number of hydrogen-bond donors (Lipinski definition) is 5. The van der Waals surface area contributed by atoms with Crippen LogP contribution in [0.5, 0.6) is 0 Å². The van der Waals surface area contributed by atoms with E-state index in [0.29, 0.717) is 0 Å². The van der Waals surface area contributed by atoms with E-state index in [1.807, 2.05) is 156 Å². The molecule has 0 radical (unpaired) electrons. The first kappa shape index (κ1) is 111. The van der Waals surface area contributed by atoms with Crippen molar-refractivity contribution in [1.82, 2.24) is 4.90 Å². The van der Waals surface area contributed by atoms with Gasteiger partial charge in [-0.1, -0.05) is 121 Å². The first-order chi connectivity index (χ1) is 45.4. The molecule has 0 aliphatic carbocycles. The number of benzene rings is 4. The summed E-state index contributed by atoms with van der Waals surface area (Å²) in [6, 6.07) is 24.3. The molecule has 0 bridgehead atoms. The molecule has 29 heteroatoms. The molecule has 590 valence electrons. The maximum atomic E-state index is 12.8. The second kappa shape index (κ2) is 51.7. The number of alkyl halides is 3. The molecule has 0 atom stereocenters. The van der Waals surface area contributed by atoms with E-state index in [9.17, 15) is 28.8 Å². The molecule has 4 aromatic rings. The van der Waals surface area contributed by atoms with Crippen molar-refractivity contribution in [2.24, 2.45) is 0 Å². The van der Waals surface area contributed by atoms with Crippen molar-refractivity contribution in [1.29, 1.82) is 0 Å². The number of likely N-dealkylation sites (tertiary alicyclic amines) is 3. The number of nitrogens with zero attached hydrogens (tertiary/aromatic N) is 3. The number of carbonyl (C=O) groups excluding carboxylic acids is 5. The number of carboxylic acid groups (broad SMARTS) is 1. The van der Waals surface area contributed by atoms with E-state index in [1.54, 1.807) is 27.7 Å². The van der Waals surface area contributed by atoms with Gasteiger partial charge in [-0.2, -0.15) is 0 Å². The number of aliphatic carboxylic acids is 1. The third-order valence-corrected chi connectivity index (χ3v) is 20.4. The predicted molar refractivity (Wildman–Crippen MR) is 430 cm³/mol. The van der Waals surface area contributed by atoms with E-state index in [-0.39, 0.29) is 102 Å². The van der Waals surface area contributed by atoms with Crippen molar-refractivity contribution in [3.05, 3.63) is 117 Å². The van der Waals surface area contributed by atoms with Crippen molar-refractivity contribution in [3.63, 3.8) is 0 Å². The number of nitrogens with one attached hydrogen (secondary N) is 4. The molecule has 8 rings (SSSR count). The third kappa shape index (κ3) is 38.3. The summed E-state index contributed by atoms with van der Waals surface area (Å²) < 4.78 is 13.8. The zero-order valence-electron chi connectivity index (χ0n) is 65.9. The summed E-state index contributed by atoms with van der Waals surface area (Å²) in [5.74, 6) is -0.530. The zero-order chi connectivity index (χ0) is 76.9. The molecule has 0 saturated carbocycles. The Morgan fingerprint density at radius 2 is 0.699 bits per heavy atom.